The lowest BCUT2D eigenvalue weighted by molar-refractivity contribution is -0.151. The molecule has 0 fully saturated rings. The number of benzene rings is 1. The molecule has 0 unspecified atom stereocenters. The summed E-state index contributed by atoms with van der Waals surface area (Å²) in [4.78, 5) is 39.1. The predicted octanol–water partition coefficient (Wildman–Crippen LogP) is 3.90. The highest BCUT2D eigenvalue weighted by Gasteiger charge is 2.47. The van der Waals surface area contributed by atoms with Crippen LogP contribution in [0.2, 0.25) is 0 Å². The Morgan fingerprint density at radius 2 is 1.80 bits per heavy atom. The zero-order valence-corrected chi connectivity index (χ0v) is 20.0. The van der Waals surface area contributed by atoms with E-state index in [0.717, 1.165) is 12.1 Å². The van der Waals surface area contributed by atoms with Crippen molar-refractivity contribution in [2.24, 2.45) is 11.8 Å². The maximum Gasteiger partial charge on any atom is 0.416 e. The zero-order chi connectivity index (χ0) is 25.9. The molecule has 0 radical (unpaired) electrons. The third-order valence-electron chi connectivity index (χ3n) is 6.20. The fraction of sp³-hybridized carbons (Fsp3) is 0.480. The molecule has 1 aromatic carbocycles. The number of hydrogen-bond donors (Lipinski definition) is 1. The summed E-state index contributed by atoms with van der Waals surface area (Å²) in [5.74, 6) is -4.44. The van der Waals surface area contributed by atoms with Gasteiger partial charge in [0, 0.05) is 29.5 Å². The molecule has 0 aromatic heterocycles. The smallest absolute Gasteiger partial charge is 0.416 e. The van der Waals surface area contributed by atoms with Gasteiger partial charge in [0.05, 0.1) is 24.9 Å². The lowest BCUT2D eigenvalue weighted by Crippen LogP contribution is -2.43. The molecule has 1 heterocycles. The number of carbonyl (C=O) groups is 3. The van der Waals surface area contributed by atoms with E-state index in [1.165, 1.54) is 19.2 Å². The standard InChI is InChI=1S/C25H28F3NO6/c1-5-34-10-11-35-24(32)19-14(3)29-17-12-13(2)18(23(31)33-4)22(30)21(17)20(19)15-6-8-16(9-7-15)25(26,27)28/h6-9,13,18,20,29H,5,10-12H2,1-4H3/t13-,18-,20-/m1/s1. The number of allylic oxidation sites excluding steroid dienone is 3. The fourth-order valence-corrected chi connectivity index (χ4v) is 4.56. The average molecular weight is 495 g/mol. The van der Waals surface area contributed by atoms with Crippen molar-refractivity contribution in [1.29, 1.82) is 0 Å². The molecule has 0 amide bonds. The molecule has 0 spiro atoms. The van der Waals surface area contributed by atoms with Crippen LogP contribution in [-0.2, 0) is 34.8 Å². The van der Waals surface area contributed by atoms with E-state index < -0.39 is 41.3 Å². The van der Waals surface area contributed by atoms with Crippen LogP contribution in [-0.4, -0.2) is 44.7 Å². The van der Waals surface area contributed by atoms with Crippen molar-refractivity contribution in [2.45, 2.75) is 39.3 Å². The van der Waals surface area contributed by atoms with Crippen LogP contribution in [0.25, 0.3) is 0 Å². The first-order valence-electron chi connectivity index (χ1n) is 11.3. The number of hydrogen-bond acceptors (Lipinski definition) is 7. The molecular formula is C25H28F3NO6. The minimum atomic E-state index is -4.55. The third-order valence-corrected chi connectivity index (χ3v) is 6.20. The van der Waals surface area contributed by atoms with Gasteiger partial charge in [0.1, 0.15) is 12.5 Å². The lowest BCUT2D eigenvalue weighted by atomic mass is 9.69. The van der Waals surface area contributed by atoms with Crippen LogP contribution in [0.5, 0.6) is 0 Å². The van der Waals surface area contributed by atoms with Crippen molar-refractivity contribution in [3.63, 3.8) is 0 Å². The van der Waals surface area contributed by atoms with Crippen LogP contribution in [0.15, 0.2) is 46.8 Å². The van der Waals surface area contributed by atoms with Crippen LogP contribution < -0.4 is 5.32 Å². The highest BCUT2D eigenvalue weighted by molar-refractivity contribution is 6.12. The van der Waals surface area contributed by atoms with E-state index in [9.17, 15) is 27.6 Å². The summed E-state index contributed by atoms with van der Waals surface area (Å²) >= 11 is 0. The molecule has 190 valence electrons. The van der Waals surface area contributed by atoms with Gasteiger partial charge < -0.3 is 19.5 Å². The summed E-state index contributed by atoms with van der Waals surface area (Å²) in [6, 6.07) is 4.28. The Morgan fingerprint density at radius 1 is 1.14 bits per heavy atom. The highest BCUT2D eigenvalue weighted by atomic mass is 19.4. The Morgan fingerprint density at radius 3 is 2.37 bits per heavy atom. The van der Waals surface area contributed by atoms with E-state index in [4.69, 9.17) is 14.2 Å². The highest BCUT2D eigenvalue weighted by Crippen LogP contribution is 2.45. The number of alkyl halides is 3. The van der Waals surface area contributed by atoms with Crippen molar-refractivity contribution < 1.29 is 41.8 Å². The molecule has 3 atom stereocenters. The number of methoxy groups -OCH3 is 1. The molecule has 0 bridgehead atoms. The number of ketones is 1. The van der Waals surface area contributed by atoms with E-state index in [0.29, 0.717) is 30.0 Å². The Bertz CT molecular complexity index is 1060. The molecule has 3 rings (SSSR count). The summed E-state index contributed by atoms with van der Waals surface area (Å²) in [7, 11) is 1.18. The van der Waals surface area contributed by atoms with Gasteiger partial charge in [0.25, 0.3) is 0 Å². The van der Waals surface area contributed by atoms with Crippen LogP contribution in [0.3, 0.4) is 0 Å². The van der Waals surface area contributed by atoms with Gasteiger partial charge in [-0.05, 0) is 43.9 Å². The van der Waals surface area contributed by atoms with E-state index in [-0.39, 0.29) is 30.3 Å². The van der Waals surface area contributed by atoms with Gasteiger partial charge in [-0.25, -0.2) is 4.79 Å². The first kappa shape index (κ1) is 26.5. The number of nitrogens with one attached hydrogen (secondary N) is 1. The molecule has 1 aliphatic carbocycles. The SMILES string of the molecule is CCOCCOC(=O)C1=C(C)NC2=C(C(=O)[C@H](C(=O)OC)[C@H](C)C2)[C@@H]1c1ccc(C(F)(F)F)cc1. The molecular weight excluding hydrogens is 467 g/mol. The van der Waals surface area contributed by atoms with Crippen molar-refractivity contribution >= 4 is 17.7 Å². The fourth-order valence-electron chi connectivity index (χ4n) is 4.56. The van der Waals surface area contributed by atoms with Crippen molar-refractivity contribution in [3.05, 3.63) is 57.9 Å². The van der Waals surface area contributed by atoms with E-state index in [2.05, 4.69) is 5.32 Å². The topological polar surface area (TPSA) is 90.9 Å². The molecule has 10 heteroatoms. The summed E-state index contributed by atoms with van der Waals surface area (Å²) < 4.78 is 54.9. The minimum Gasteiger partial charge on any atom is -0.468 e. The largest absolute Gasteiger partial charge is 0.468 e. The first-order valence-corrected chi connectivity index (χ1v) is 11.3. The van der Waals surface area contributed by atoms with Crippen LogP contribution in [0, 0.1) is 11.8 Å². The quantitative estimate of drug-likeness (QED) is 0.349. The maximum atomic E-state index is 13.6. The molecule has 0 saturated heterocycles. The number of halogens is 3. The van der Waals surface area contributed by atoms with E-state index in [1.54, 1.807) is 20.8 Å². The number of rotatable bonds is 7. The van der Waals surface area contributed by atoms with Gasteiger partial charge in [-0.3, -0.25) is 9.59 Å². The zero-order valence-electron chi connectivity index (χ0n) is 20.0. The summed E-state index contributed by atoms with van der Waals surface area (Å²) in [6.45, 7) is 5.75. The number of ether oxygens (including phenoxy) is 3. The molecule has 7 nitrogen and oxygen atoms in total. The number of esters is 2. The Kier molecular flexibility index (Phi) is 8.04. The van der Waals surface area contributed by atoms with Crippen molar-refractivity contribution in [1.82, 2.24) is 5.32 Å². The summed E-state index contributed by atoms with van der Waals surface area (Å²) in [6.07, 6.45) is -4.22. The Hall–Kier alpha value is -3.14. The van der Waals surface area contributed by atoms with Crippen molar-refractivity contribution in [3.8, 4) is 0 Å². The molecule has 1 aromatic rings. The molecule has 2 aliphatic rings. The van der Waals surface area contributed by atoms with Gasteiger partial charge in [0.2, 0.25) is 0 Å². The predicted molar refractivity (Wildman–Crippen MR) is 119 cm³/mol. The lowest BCUT2D eigenvalue weighted by Gasteiger charge is -2.38. The second kappa shape index (κ2) is 10.6. The maximum absolute atomic E-state index is 13.6. The third kappa shape index (κ3) is 5.42. The van der Waals surface area contributed by atoms with Gasteiger partial charge >= 0.3 is 18.1 Å². The Labute approximate surface area is 201 Å². The monoisotopic (exact) mass is 495 g/mol. The number of carbonyl (C=O) groups excluding carboxylic acids is 3. The molecule has 1 N–H and O–H groups in total. The van der Waals surface area contributed by atoms with Gasteiger partial charge in [-0.1, -0.05) is 19.1 Å². The molecule has 1 aliphatic heterocycles. The summed E-state index contributed by atoms with van der Waals surface area (Å²) in [5, 5.41) is 3.10. The molecule has 0 saturated carbocycles. The van der Waals surface area contributed by atoms with Gasteiger partial charge in [0.15, 0.2) is 5.78 Å². The number of dihydropyridines is 1. The first-order chi connectivity index (χ1) is 16.5. The van der Waals surface area contributed by atoms with Crippen LogP contribution in [0.1, 0.15) is 44.2 Å². The Balaban J connectivity index is 2.09. The van der Waals surface area contributed by atoms with E-state index >= 15 is 0 Å². The number of Topliss-reactive ketones (excluding diaryl/α,β-unsaturated/α-hetero) is 1. The second-order valence-corrected chi connectivity index (χ2v) is 8.49. The molecule has 35 heavy (non-hydrogen) atoms. The minimum absolute atomic E-state index is 0.0368. The van der Waals surface area contributed by atoms with Gasteiger partial charge in [-0.15, -0.1) is 0 Å². The van der Waals surface area contributed by atoms with Gasteiger partial charge in [-0.2, -0.15) is 13.2 Å². The van der Waals surface area contributed by atoms with Crippen molar-refractivity contribution in [2.75, 3.05) is 26.9 Å². The normalized spacial score (nSPS) is 22.5. The van der Waals surface area contributed by atoms with Crippen LogP contribution in [0.4, 0.5) is 13.2 Å². The second-order valence-electron chi connectivity index (χ2n) is 8.49. The van der Waals surface area contributed by atoms with Crippen LogP contribution >= 0.6 is 0 Å². The van der Waals surface area contributed by atoms with E-state index in [1.807, 2.05) is 0 Å². The summed E-state index contributed by atoms with van der Waals surface area (Å²) in [5.41, 5.74) is 0.631. The average Bonchev–Trinajstić information content (AvgIpc) is 2.80.